The van der Waals surface area contributed by atoms with Crippen LogP contribution in [0.4, 0.5) is 13.2 Å². The summed E-state index contributed by atoms with van der Waals surface area (Å²) in [6.07, 6.45) is 0.675. The molecule has 0 aromatic carbocycles. The van der Waals surface area contributed by atoms with Gasteiger partial charge in [0.15, 0.2) is 6.61 Å². The fourth-order valence-electron chi connectivity index (χ4n) is 3.64. The van der Waals surface area contributed by atoms with E-state index in [1.807, 2.05) is 0 Å². The van der Waals surface area contributed by atoms with E-state index in [4.69, 9.17) is 16.3 Å². The maximum absolute atomic E-state index is 12.9. The van der Waals surface area contributed by atoms with Gasteiger partial charge in [-0.2, -0.15) is 13.2 Å². The normalized spacial score (nSPS) is 15.7. The molecule has 0 aliphatic heterocycles. The van der Waals surface area contributed by atoms with Crippen LogP contribution in [-0.4, -0.2) is 28.2 Å². The van der Waals surface area contributed by atoms with Crippen LogP contribution in [0, 0.1) is 5.41 Å². The smallest absolute Gasteiger partial charge is 0.422 e. The Balaban J connectivity index is 1.76. The molecule has 2 aromatic heterocycles. The molecule has 2 heterocycles. The largest absolute Gasteiger partial charge is 0.482 e. The van der Waals surface area contributed by atoms with Crippen molar-refractivity contribution >= 4 is 17.5 Å². The van der Waals surface area contributed by atoms with Gasteiger partial charge in [0.25, 0.3) is 5.91 Å². The Morgan fingerprint density at radius 3 is 2.79 bits per heavy atom. The molecular formula is C20H23ClF3N3O2. The Hall–Kier alpha value is -2.22. The summed E-state index contributed by atoms with van der Waals surface area (Å²) in [5, 5.41) is 3.32. The second kappa shape index (κ2) is 7.89. The van der Waals surface area contributed by atoms with E-state index in [-0.39, 0.29) is 23.6 Å². The number of pyridine rings is 1. The molecule has 0 saturated carbocycles. The monoisotopic (exact) mass is 429 g/mol. The summed E-state index contributed by atoms with van der Waals surface area (Å²) in [4.78, 5) is 16.7. The highest BCUT2D eigenvalue weighted by Crippen LogP contribution is 2.40. The summed E-state index contributed by atoms with van der Waals surface area (Å²) in [6.45, 7) is 2.93. The predicted octanol–water partition coefficient (Wildman–Crippen LogP) is 4.46. The minimum Gasteiger partial charge on any atom is -0.482 e. The van der Waals surface area contributed by atoms with E-state index >= 15 is 0 Å². The number of nitrogens with zero attached hydrogens (tertiary/aromatic N) is 2. The molecule has 158 valence electrons. The highest BCUT2D eigenvalue weighted by Gasteiger charge is 2.33. The molecule has 0 unspecified atom stereocenters. The van der Waals surface area contributed by atoms with Gasteiger partial charge in [0.2, 0.25) is 0 Å². The van der Waals surface area contributed by atoms with Crippen molar-refractivity contribution in [3.63, 3.8) is 0 Å². The van der Waals surface area contributed by atoms with Gasteiger partial charge in [0, 0.05) is 25.4 Å². The average Bonchev–Trinajstić information content (AvgIpc) is 2.88. The van der Waals surface area contributed by atoms with Crippen LogP contribution in [0.5, 0.6) is 5.75 Å². The first-order valence-electron chi connectivity index (χ1n) is 9.25. The third kappa shape index (κ3) is 4.86. The molecule has 0 bridgehead atoms. The molecule has 0 saturated heterocycles. The van der Waals surface area contributed by atoms with Crippen molar-refractivity contribution in [2.75, 3.05) is 6.61 Å². The number of fused-ring (bicyclic) bond motifs is 1. The predicted molar refractivity (Wildman–Crippen MR) is 103 cm³/mol. The van der Waals surface area contributed by atoms with Gasteiger partial charge in [-0.05, 0) is 41.9 Å². The second-order valence-electron chi connectivity index (χ2n) is 8.07. The molecular weight excluding hydrogens is 407 g/mol. The maximum Gasteiger partial charge on any atom is 0.422 e. The van der Waals surface area contributed by atoms with Crippen molar-refractivity contribution in [1.29, 1.82) is 0 Å². The van der Waals surface area contributed by atoms with Crippen molar-refractivity contribution in [2.24, 2.45) is 12.5 Å². The van der Waals surface area contributed by atoms with Gasteiger partial charge in [0.1, 0.15) is 16.6 Å². The number of hydrogen-bond acceptors (Lipinski definition) is 3. The van der Waals surface area contributed by atoms with E-state index in [9.17, 15) is 18.0 Å². The van der Waals surface area contributed by atoms with Crippen LogP contribution in [-0.2, 0) is 26.4 Å². The molecule has 2 aromatic rings. The Morgan fingerprint density at radius 2 is 2.10 bits per heavy atom. The molecule has 0 fully saturated rings. The number of carbonyl (C=O) groups is 1. The van der Waals surface area contributed by atoms with Crippen molar-refractivity contribution in [3.8, 4) is 5.75 Å². The van der Waals surface area contributed by atoms with Gasteiger partial charge in [-0.25, -0.2) is 0 Å². The highest BCUT2D eigenvalue weighted by molar-refractivity contribution is 6.31. The molecule has 29 heavy (non-hydrogen) atoms. The van der Waals surface area contributed by atoms with Gasteiger partial charge >= 0.3 is 6.18 Å². The van der Waals surface area contributed by atoms with Crippen LogP contribution in [0.2, 0.25) is 5.15 Å². The number of halogens is 4. The van der Waals surface area contributed by atoms with Gasteiger partial charge < -0.3 is 14.6 Å². The van der Waals surface area contributed by atoms with Gasteiger partial charge in [-0.3, -0.25) is 9.78 Å². The summed E-state index contributed by atoms with van der Waals surface area (Å²) in [6, 6.07) is 1.52. The number of ether oxygens (including phenoxy) is 1. The number of nitrogens with one attached hydrogen (secondary N) is 1. The number of amides is 1. The lowest BCUT2D eigenvalue weighted by atomic mass is 9.75. The van der Waals surface area contributed by atoms with E-state index in [0.717, 1.165) is 30.4 Å². The molecule has 1 aliphatic carbocycles. The lowest BCUT2D eigenvalue weighted by molar-refractivity contribution is -0.153. The summed E-state index contributed by atoms with van der Waals surface area (Å²) in [5.74, 6) is -0.340. The molecule has 1 N–H and O–H groups in total. The van der Waals surface area contributed by atoms with Gasteiger partial charge in [0.05, 0.1) is 6.20 Å². The Kier molecular flexibility index (Phi) is 5.85. The molecule has 0 atom stereocenters. The minimum atomic E-state index is -4.46. The van der Waals surface area contributed by atoms with E-state index < -0.39 is 12.8 Å². The number of hydrogen-bond donors (Lipinski definition) is 1. The topological polar surface area (TPSA) is 56.2 Å². The van der Waals surface area contributed by atoms with Crippen LogP contribution in [0.3, 0.4) is 0 Å². The Labute approximate surface area is 172 Å². The van der Waals surface area contributed by atoms with Crippen LogP contribution in [0.1, 0.15) is 47.4 Å². The molecule has 0 radical (unpaired) electrons. The van der Waals surface area contributed by atoms with Gasteiger partial charge in [-0.1, -0.05) is 25.4 Å². The van der Waals surface area contributed by atoms with Crippen LogP contribution < -0.4 is 10.1 Å². The van der Waals surface area contributed by atoms with Crippen LogP contribution >= 0.6 is 11.6 Å². The second-order valence-corrected chi connectivity index (χ2v) is 8.42. The van der Waals surface area contributed by atoms with Crippen molar-refractivity contribution in [3.05, 3.63) is 46.0 Å². The molecule has 1 amide bonds. The van der Waals surface area contributed by atoms with E-state index in [1.54, 1.807) is 11.6 Å². The van der Waals surface area contributed by atoms with E-state index in [1.165, 1.54) is 18.5 Å². The SMILES string of the molecule is Cn1c(Cl)c2c(c1C(=O)NCc1ccncc1OCC(F)(F)F)CCC(C)(C)C2. The first kappa shape index (κ1) is 21.5. The third-order valence-electron chi connectivity index (χ3n) is 5.15. The molecule has 9 heteroatoms. The zero-order valence-electron chi connectivity index (χ0n) is 16.5. The first-order valence-corrected chi connectivity index (χ1v) is 9.63. The minimum absolute atomic E-state index is 0.0115. The van der Waals surface area contributed by atoms with Crippen LogP contribution in [0.15, 0.2) is 18.5 Å². The molecule has 5 nitrogen and oxygen atoms in total. The fourth-order valence-corrected chi connectivity index (χ4v) is 3.91. The summed E-state index contributed by atoms with van der Waals surface area (Å²) in [5.41, 5.74) is 2.96. The lowest BCUT2D eigenvalue weighted by Crippen LogP contribution is -2.28. The Morgan fingerprint density at radius 1 is 1.38 bits per heavy atom. The molecule has 1 aliphatic rings. The number of rotatable bonds is 5. The van der Waals surface area contributed by atoms with Crippen molar-refractivity contribution < 1.29 is 22.7 Å². The number of carbonyl (C=O) groups excluding carboxylic acids is 1. The standard InChI is InChI=1S/C20H23ClF3N3O2/c1-19(2)6-4-13-14(8-19)17(21)27(3)16(13)18(28)26-9-12-5-7-25-10-15(12)29-11-20(22,23)24/h5,7,10H,4,6,8-9,11H2,1-3H3,(H,26,28). The first-order chi connectivity index (χ1) is 13.5. The average molecular weight is 430 g/mol. The highest BCUT2D eigenvalue weighted by atomic mass is 35.5. The summed E-state index contributed by atoms with van der Waals surface area (Å²) < 4.78 is 43.8. The lowest BCUT2D eigenvalue weighted by Gasteiger charge is -2.29. The zero-order valence-corrected chi connectivity index (χ0v) is 17.2. The van der Waals surface area contributed by atoms with Crippen molar-refractivity contribution in [2.45, 2.75) is 45.8 Å². The van der Waals surface area contributed by atoms with Crippen molar-refractivity contribution in [1.82, 2.24) is 14.9 Å². The fraction of sp³-hybridized carbons (Fsp3) is 0.500. The summed E-state index contributed by atoms with van der Waals surface area (Å²) >= 11 is 6.48. The summed E-state index contributed by atoms with van der Waals surface area (Å²) in [7, 11) is 1.74. The maximum atomic E-state index is 12.9. The van der Waals surface area contributed by atoms with E-state index in [2.05, 4.69) is 24.1 Å². The molecule has 3 rings (SSSR count). The Bertz CT molecular complexity index is 922. The van der Waals surface area contributed by atoms with Gasteiger partial charge in [-0.15, -0.1) is 0 Å². The van der Waals surface area contributed by atoms with Crippen LogP contribution in [0.25, 0.3) is 0 Å². The number of aromatic nitrogens is 2. The quantitative estimate of drug-likeness (QED) is 0.763. The zero-order chi connectivity index (χ0) is 21.4. The van der Waals surface area contributed by atoms with E-state index in [0.29, 0.717) is 16.4 Å². The number of alkyl halides is 3. The third-order valence-corrected chi connectivity index (χ3v) is 5.63. The molecule has 0 spiro atoms.